The van der Waals surface area contributed by atoms with Crippen molar-refractivity contribution in [1.29, 1.82) is 0 Å². The maximum Gasteiger partial charge on any atom is 0.335 e. The van der Waals surface area contributed by atoms with Gasteiger partial charge in [0.1, 0.15) is 16.7 Å². The molecule has 2 N–H and O–H groups in total. The monoisotopic (exact) mass is 665 g/mol. The Morgan fingerprint density at radius 3 is 2.49 bits per heavy atom. The van der Waals surface area contributed by atoms with Crippen molar-refractivity contribution in [2.24, 2.45) is 0 Å². The van der Waals surface area contributed by atoms with Gasteiger partial charge in [-0.05, 0) is 78.2 Å². The van der Waals surface area contributed by atoms with Gasteiger partial charge in [-0.2, -0.15) is 0 Å². The number of morpholine rings is 1. The summed E-state index contributed by atoms with van der Waals surface area (Å²) in [6.07, 6.45) is 1.81. The van der Waals surface area contributed by atoms with Crippen LogP contribution in [0.4, 0.5) is 5.69 Å². The van der Waals surface area contributed by atoms with Crippen LogP contribution in [0.3, 0.4) is 0 Å². The van der Waals surface area contributed by atoms with E-state index in [0.29, 0.717) is 45.5 Å². The normalized spacial score (nSPS) is 16.3. The Morgan fingerprint density at radius 1 is 1.07 bits per heavy atom. The van der Waals surface area contributed by atoms with Crippen LogP contribution >= 0.6 is 35.6 Å². The third-order valence-corrected chi connectivity index (χ3v) is 9.21. The van der Waals surface area contributed by atoms with E-state index in [9.17, 15) is 14.4 Å². The number of ether oxygens (including phenoxy) is 2. The van der Waals surface area contributed by atoms with Crippen molar-refractivity contribution in [3.8, 4) is 16.9 Å². The third-order valence-electron chi connectivity index (χ3n) is 7.41. The van der Waals surface area contributed by atoms with Crippen LogP contribution < -0.4 is 10.1 Å². The van der Waals surface area contributed by atoms with Crippen LogP contribution in [0.15, 0.2) is 65.6 Å². The number of carbonyl (C=O) groups is 3. The number of nitrogens with one attached hydrogen (secondary N) is 1. The number of amides is 2. The Hall–Kier alpha value is -3.74. The summed E-state index contributed by atoms with van der Waals surface area (Å²) < 4.78 is 12.0. The van der Waals surface area contributed by atoms with E-state index in [2.05, 4.69) is 10.2 Å². The second-order valence-electron chi connectivity index (χ2n) is 10.5. The molecule has 2 fully saturated rings. The molecule has 9 nitrogen and oxygen atoms in total. The molecule has 3 aromatic rings. The predicted octanol–water partition coefficient (Wildman–Crippen LogP) is 5.95. The van der Waals surface area contributed by atoms with Gasteiger partial charge >= 0.3 is 5.97 Å². The van der Waals surface area contributed by atoms with Crippen LogP contribution in [0, 0.1) is 6.92 Å². The number of thioether (sulfide) groups is 1. The number of hydrogen-bond donors (Lipinski definition) is 2. The molecule has 0 aromatic heterocycles. The molecule has 3 aromatic carbocycles. The van der Waals surface area contributed by atoms with E-state index in [1.807, 2.05) is 43.3 Å². The van der Waals surface area contributed by atoms with E-state index in [4.69, 9.17) is 38.4 Å². The molecule has 12 heteroatoms. The molecule has 45 heavy (non-hydrogen) atoms. The molecular formula is C33H32ClN3O6S2. The number of carboxylic acid groups (broad SMARTS) is 1. The van der Waals surface area contributed by atoms with Crippen molar-refractivity contribution in [3.63, 3.8) is 0 Å². The second-order valence-corrected chi connectivity index (χ2v) is 12.6. The Balaban J connectivity index is 1.30. The number of rotatable bonds is 11. The van der Waals surface area contributed by atoms with Gasteiger partial charge in [0.15, 0.2) is 0 Å². The van der Waals surface area contributed by atoms with Gasteiger partial charge in [-0.15, -0.1) is 0 Å². The van der Waals surface area contributed by atoms with Crippen molar-refractivity contribution in [2.45, 2.75) is 13.3 Å². The molecule has 0 saturated carbocycles. The van der Waals surface area contributed by atoms with E-state index in [1.54, 1.807) is 6.08 Å². The predicted molar refractivity (Wildman–Crippen MR) is 181 cm³/mol. The molecule has 0 radical (unpaired) electrons. The molecule has 5 rings (SSSR count). The van der Waals surface area contributed by atoms with Gasteiger partial charge in [0.25, 0.3) is 5.91 Å². The van der Waals surface area contributed by atoms with Crippen LogP contribution in [-0.4, -0.2) is 83.0 Å². The highest BCUT2D eigenvalue weighted by atomic mass is 35.5. The molecule has 2 saturated heterocycles. The van der Waals surface area contributed by atoms with Crippen molar-refractivity contribution >= 4 is 69.4 Å². The fraction of sp³-hybridized carbons (Fsp3) is 0.273. The Labute approximate surface area is 276 Å². The number of hydrogen-bond acceptors (Lipinski definition) is 8. The number of carboxylic acids is 1. The minimum atomic E-state index is -1.05. The molecule has 0 atom stereocenters. The fourth-order valence-corrected chi connectivity index (χ4v) is 6.29. The fourth-order valence-electron chi connectivity index (χ4n) is 4.87. The van der Waals surface area contributed by atoms with Crippen molar-refractivity contribution in [1.82, 2.24) is 9.80 Å². The number of benzene rings is 3. The lowest BCUT2D eigenvalue weighted by atomic mass is 10.0. The summed E-state index contributed by atoms with van der Waals surface area (Å²) >= 11 is 13.0. The average Bonchev–Trinajstić information content (AvgIpc) is 3.30. The number of anilines is 1. The summed E-state index contributed by atoms with van der Waals surface area (Å²) in [4.78, 5) is 41.2. The Kier molecular flexibility index (Phi) is 10.9. The first-order valence-electron chi connectivity index (χ1n) is 14.4. The Morgan fingerprint density at radius 2 is 1.78 bits per heavy atom. The number of halogens is 1. The molecule has 2 aliphatic rings. The van der Waals surface area contributed by atoms with Gasteiger partial charge < -0.3 is 19.9 Å². The van der Waals surface area contributed by atoms with Crippen LogP contribution in [0.1, 0.15) is 27.9 Å². The number of thiocarbonyl (C=S) groups is 1. The van der Waals surface area contributed by atoms with Gasteiger partial charge in [0, 0.05) is 48.9 Å². The summed E-state index contributed by atoms with van der Waals surface area (Å²) in [5.74, 6) is -1.00. The number of carbonyl (C=O) groups excluding carboxylic acids is 2. The van der Waals surface area contributed by atoms with Crippen molar-refractivity contribution < 1.29 is 29.0 Å². The van der Waals surface area contributed by atoms with Crippen molar-refractivity contribution in [3.05, 3.63) is 87.3 Å². The van der Waals surface area contributed by atoms with Crippen LogP contribution in [0.5, 0.6) is 5.75 Å². The maximum absolute atomic E-state index is 13.4. The highest BCUT2D eigenvalue weighted by Gasteiger charge is 2.32. The standard InChI is InChI=1S/C33H32ClN3O6S2/c1-21-18-23(4-8-27(21)34)24-5-9-28(43-17-14-36-12-15-42-16-13-36)25(19-24)20-29-31(39)37(33(44)45-29)11-10-30(38)35-26-6-2-22(3-7-26)32(40)41/h2-9,18-20H,10-17H2,1H3,(H,35,38)(H,40,41). The van der Waals surface area contributed by atoms with Gasteiger partial charge in [-0.1, -0.05) is 47.7 Å². The smallest absolute Gasteiger partial charge is 0.335 e. The van der Waals surface area contributed by atoms with E-state index < -0.39 is 5.97 Å². The molecule has 0 bridgehead atoms. The second kappa shape index (κ2) is 15.0. The maximum atomic E-state index is 13.4. The van der Waals surface area contributed by atoms with E-state index >= 15 is 0 Å². The van der Waals surface area contributed by atoms with Gasteiger partial charge in [0.05, 0.1) is 23.7 Å². The van der Waals surface area contributed by atoms with Crippen LogP contribution in [-0.2, 0) is 14.3 Å². The molecular weight excluding hydrogens is 634 g/mol. The lowest BCUT2D eigenvalue weighted by Crippen LogP contribution is -2.38. The summed E-state index contributed by atoms with van der Waals surface area (Å²) in [5, 5.41) is 12.5. The zero-order valence-corrected chi connectivity index (χ0v) is 27.0. The van der Waals surface area contributed by atoms with Gasteiger partial charge in [-0.25, -0.2) is 4.79 Å². The van der Waals surface area contributed by atoms with Crippen molar-refractivity contribution in [2.75, 3.05) is 51.3 Å². The lowest BCUT2D eigenvalue weighted by molar-refractivity contribution is -0.122. The van der Waals surface area contributed by atoms with Crippen LogP contribution in [0.2, 0.25) is 5.02 Å². The summed E-state index contributed by atoms with van der Waals surface area (Å²) in [7, 11) is 0. The number of aromatic carboxylic acids is 1. The molecule has 0 aliphatic carbocycles. The SMILES string of the molecule is Cc1cc(-c2ccc(OCCN3CCOCC3)c(C=C3SC(=S)N(CCC(=O)Nc4ccc(C(=O)O)cc4)C3=O)c2)ccc1Cl. The third kappa shape index (κ3) is 8.50. The minimum absolute atomic E-state index is 0.0156. The van der Waals surface area contributed by atoms with Gasteiger partial charge in [0.2, 0.25) is 5.91 Å². The first-order chi connectivity index (χ1) is 21.7. The summed E-state index contributed by atoms with van der Waals surface area (Å²) in [6.45, 7) is 6.45. The largest absolute Gasteiger partial charge is 0.492 e. The van der Waals surface area contributed by atoms with E-state index in [1.165, 1.54) is 40.9 Å². The lowest BCUT2D eigenvalue weighted by Gasteiger charge is -2.26. The Bertz CT molecular complexity index is 1640. The highest BCUT2D eigenvalue weighted by molar-refractivity contribution is 8.26. The zero-order chi connectivity index (χ0) is 31.9. The summed E-state index contributed by atoms with van der Waals surface area (Å²) in [5.41, 5.74) is 4.23. The zero-order valence-electron chi connectivity index (χ0n) is 24.6. The molecule has 2 amide bonds. The quantitative estimate of drug-likeness (QED) is 0.190. The molecule has 2 aliphatic heterocycles. The first kappa shape index (κ1) is 32.6. The minimum Gasteiger partial charge on any atom is -0.492 e. The van der Waals surface area contributed by atoms with Crippen LogP contribution in [0.25, 0.3) is 17.2 Å². The van der Waals surface area contributed by atoms with Gasteiger partial charge in [-0.3, -0.25) is 19.4 Å². The number of nitrogens with zero attached hydrogens (tertiary/aromatic N) is 2. The number of aryl methyl sites for hydroxylation is 1. The molecule has 2 heterocycles. The molecule has 234 valence electrons. The molecule has 0 spiro atoms. The molecule has 0 unspecified atom stereocenters. The summed E-state index contributed by atoms with van der Waals surface area (Å²) in [6, 6.07) is 17.6. The van der Waals surface area contributed by atoms with E-state index in [-0.39, 0.29) is 30.3 Å². The average molecular weight is 666 g/mol. The topological polar surface area (TPSA) is 108 Å². The highest BCUT2D eigenvalue weighted by Crippen LogP contribution is 2.36. The first-order valence-corrected chi connectivity index (χ1v) is 16.0. The van der Waals surface area contributed by atoms with E-state index in [0.717, 1.165) is 41.9 Å².